The van der Waals surface area contributed by atoms with Crippen molar-refractivity contribution in [3.05, 3.63) is 64.7 Å². The van der Waals surface area contributed by atoms with Crippen LogP contribution in [-0.4, -0.2) is 26.8 Å². The predicted molar refractivity (Wildman–Crippen MR) is 81.7 cm³/mol. The Balaban J connectivity index is 1.91. The first-order chi connectivity index (χ1) is 11.1. The molecule has 3 aromatic rings. The van der Waals surface area contributed by atoms with Gasteiger partial charge in [0, 0.05) is 6.20 Å². The minimum absolute atomic E-state index is 0.0319. The summed E-state index contributed by atoms with van der Waals surface area (Å²) in [6, 6.07) is 5.74. The zero-order valence-corrected chi connectivity index (χ0v) is 12.3. The maximum Gasteiger partial charge on any atom is 0.261 e. The molecule has 7 heteroatoms. The molecular weight excluding hydrogens is 301 g/mol. The lowest BCUT2D eigenvalue weighted by Gasteiger charge is -2.14. The highest BCUT2D eigenvalue weighted by Gasteiger charge is 2.13. The highest BCUT2D eigenvalue weighted by atomic mass is 19.1. The largest absolute Gasteiger partial charge is 0.494 e. The summed E-state index contributed by atoms with van der Waals surface area (Å²) in [7, 11) is 1.36. The van der Waals surface area contributed by atoms with Crippen LogP contribution in [-0.2, 0) is 6.54 Å². The van der Waals surface area contributed by atoms with Gasteiger partial charge >= 0.3 is 0 Å². The molecule has 2 heterocycles. The summed E-state index contributed by atoms with van der Waals surface area (Å²) in [4.78, 5) is 20.4. The fourth-order valence-corrected chi connectivity index (χ4v) is 2.32. The van der Waals surface area contributed by atoms with E-state index in [1.54, 1.807) is 12.1 Å². The Labute approximate surface area is 130 Å². The SMILES string of the molecule is COc1ccc(C(O)Cn2cnc3cnccc3c2=O)cc1F. The summed E-state index contributed by atoms with van der Waals surface area (Å²) in [5, 5.41) is 10.7. The number of rotatable bonds is 4. The molecule has 6 nitrogen and oxygen atoms in total. The third-order valence-corrected chi connectivity index (χ3v) is 3.56. The molecule has 2 aromatic heterocycles. The molecule has 0 radical (unpaired) electrons. The van der Waals surface area contributed by atoms with Crippen LogP contribution in [0, 0.1) is 5.82 Å². The highest BCUT2D eigenvalue weighted by Crippen LogP contribution is 2.22. The number of hydrogen-bond donors (Lipinski definition) is 1. The third-order valence-electron chi connectivity index (χ3n) is 3.56. The van der Waals surface area contributed by atoms with Gasteiger partial charge in [0.25, 0.3) is 5.56 Å². The molecule has 1 N–H and O–H groups in total. The van der Waals surface area contributed by atoms with E-state index >= 15 is 0 Å². The monoisotopic (exact) mass is 315 g/mol. The number of methoxy groups -OCH3 is 1. The van der Waals surface area contributed by atoms with Crippen molar-refractivity contribution >= 4 is 10.9 Å². The average molecular weight is 315 g/mol. The molecule has 1 unspecified atom stereocenters. The number of pyridine rings is 1. The fraction of sp³-hybridized carbons (Fsp3) is 0.188. The maximum absolute atomic E-state index is 13.7. The van der Waals surface area contributed by atoms with Crippen LogP contribution in [0.3, 0.4) is 0 Å². The molecule has 118 valence electrons. The standard InChI is InChI=1S/C16H14FN3O3/c1-23-15-3-2-10(6-12(15)17)14(21)8-20-9-19-13-7-18-5-4-11(13)16(20)22/h2-7,9,14,21H,8H2,1H3. The van der Waals surface area contributed by atoms with Crippen molar-refractivity contribution in [3.63, 3.8) is 0 Å². The molecule has 0 aliphatic carbocycles. The molecule has 0 spiro atoms. The van der Waals surface area contributed by atoms with Crippen molar-refractivity contribution in [1.29, 1.82) is 0 Å². The summed E-state index contributed by atoms with van der Waals surface area (Å²) in [5.74, 6) is -0.475. The van der Waals surface area contributed by atoms with Crippen molar-refractivity contribution in [2.24, 2.45) is 0 Å². The molecule has 0 bridgehead atoms. The van der Waals surface area contributed by atoms with Crippen molar-refractivity contribution in [2.75, 3.05) is 7.11 Å². The summed E-state index contributed by atoms with van der Waals surface area (Å²) in [6.07, 6.45) is 3.30. The van der Waals surface area contributed by atoms with E-state index in [0.717, 1.165) is 0 Å². The summed E-state index contributed by atoms with van der Waals surface area (Å²) in [5.41, 5.74) is 0.550. The van der Waals surface area contributed by atoms with Gasteiger partial charge < -0.3 is 9.84 Å². The number of ether oxygens (including phenoxy) is 1. The molecular formula is C16H14FN3O3. The second kappa shape index (κ2) is 6.13. The summed E-state index contributed by atoms with van der Waals surface area (Å²) in [6.45, 7) is -0.0319. The molecule has 0 amide bonds. The highest BCUT2D eigenvalue weighted by molar-refractivity contribution is 5.75. The number of fused-ring (bicyclic) bond motifs is 1. The van der Waals surface area contributed by atoms with Crippen LogP contribution in [0.1, 0.15) is 11.7 Å². The lowest BCUT2D eigenvalue weighted by Crippen LogP contribution is -2.23. The van der Waals surface area contributed by atoms with Gasteiger partial charge in [-0.15, -0.1) is 0 Å². The Kier molecular flexibility index (Phi) is 4.03. The number of hydrogen-bond acceptors (Lipinski definition) is 5. The average Bonchev–Trinajstić information content (AvgIpc) is 2.57. The predicted octanol–water partition coefficient (Wildman–Crippen LogP) is 1.67. The van der Waals surface area contributed by atoms with Gasteiger partial charge in [-0.25, -0.2) is 9.37 Å². The normalized spacial score (nSPS) is 12.3. The van der Waals surface area contributed by atoms with Crippen LogP contribution in [0.2, 0.25) is 0 Å². The van der Waals surface area contributed by atoms with Crippen LogP contribution in [0.4, 0.5) is 4.39 Å². The second-order valence-electron chi connectivity index (χ2n) is 5.00. The lowest BCUT2D eigenvalue weighted by atomic mass is 10.1. The number of aliphatic hydroxyl groups excluding tert-OH is 1. The Morgan fingerprint density at radius 2 is 2.22 bits per heavy atom. The van der Waals surface area contributed by atoms with Gasteiger partial charge in [0.05, 0.1) is 43.2 Å². The molecule has 3 rings (SSSR count). The molecule has 0 aliphatic heterocycles. The van der Waals surface area contributed by atoms with Crippen LogP contribution in [0.25, 0.3) is 10.9 Å². The van der Waals surface area contributed by atoms with E-state index in [2.05, 4.69) is 9.97 Å². The number of aromatic nitrogens is 3. The minimum Gasteiger partial charge on any atom is -0.494 e. The molecule has 23 heavy (non-hydrogen) atoms. The van der Waals surface area contributed by atoms with Gasteiger partial charge in [-0.05, 0) is 23.8 Å². The number of aliphatic hydroxyl groups is 1. The third kappa shape index (κ3) is 2.91. The number of nitrogens with zero attached hydrogens (tertiary/aromatic N) is 3. The van der Waals surface area contributed by atoms with Gasteiger partial charge in [0.2, 0.25) is 0 Å². The Morgan fingerprint density at radius 3 is 2.96 bits per heavy atom. The van der Waals surface area contributed by atoms with E-state index in [4.69, 9.17) is 4.74 Å². The molecule has 1 atom stereocenters. The molecule has 0 fully saturated rings. The van der Waals surface area contributed by atoms with Crippen molar-refractivity contribution in [3.8, 4) is 5.75 Å². The quantitative estimate of drug-likeness (QED) is 0.792. The maximum atomic E-state index is 13.7. The van der Waals surface area contributed by atoms with E-state index in [1.807, 2.05) is 0 Å². The number of halogens is 1. The zero-order valence-electron chi connectivity index (χ0n) is 12.3. The second-order valence-corrected chi connectivity index (χ2v) is 5.00. The molecule has 0 saturated carbocycles. The summed E-state index contributed by atoms with van der Waals surface area (Å²) >= 11 is 0. The van der Waals surface area contributed by atoms with Gasteiger partial charge in [-0.1, -0.05) is 6.07 Å². The summed E-state index contributed by atoms with van der Waals surface area (Å²) < 4.78 is 19.8. The van der Waals surface area contributed by atoms with E-state index in [9.17, 15) is 14.3 Å². The molecule has 1 aromatic carbocycles. The Hall–Kier alpha value is -2.80. The van der Waals surface area contributed by atoms with E-state index < -0.39 is 11.9 Å². The zero-order chi connectivity index (χ0) is 16.4. The number of benzene rings is 1. The first-order valence-corrected chi connectivity index (χ1v) is 6.91. The van der Waals surface area contributed by atoms with Gasteiger partial charge in [0.1, 0.15) is 0 Å². The van der Waals surface area contributed by atoms with Gasteiger partial charge in [-0.2, -0.15) is 0 Å². The molecule has 0 saturated heterocycles. The first-order valence-electron chi connectivity index (χ1n) is 6.91. The molecule has 0 aliphatic rings. The van der Waals surface area contributed by atoms with Gasteiger partial charge in [-0.3, -0.25) is 14.3 Å². The topological polar surface area (TPSA) is 77.2 Å². The Bertz CT molecular complexity index is 910. The van der Waals surface area contributed by atoms with E-state index in [-0.39, 0.29) is 17.9 Å². The van der Waals surface area contributed by atoms with Crippen LogP contribution in [0.15, 0.2) is 47.8 Å². The lowest BCUT2D eigenvalue weighted by molar-refractivity contribution is 0.154. The Morgan fingerprint density at radius 1 is 1.39 bits per heavy atom. The van der Waals surface area contributed by atoms with Crippen LogP contribution < -0.4 is 10.3 Å². The minimum atomic E-state index is -1.05. The van der Waals surface area contributed by atoms with Crippen molar-refractivity contribution in [2.45, 2.75) is 12.6 Å². The van der Waals surface area contributed by atoms with Crippen molar-refractivity contribution < 1.29 is 14.2 Å². The van der Waals surface area contributed by atoms with Crippen LogP contribution >= 0.6 is 0 Å². The van der Waals surface area contributed by atoms with E-state index in [0.29, 0.717) is 16.5 Å². The van der Waals surface area contributed by atoms with Crippen LogP contribution in [0.5, 0.6) is 5.75 Å². The fourth-order valence-electron chi connectivity index (χ4n) is 2.32. The van der Waals surface area contributed by atoms with Crippen molar-refractivity contribution in [1.82, 2.24) is 14.5 Å². The van der Waals surface area contributed by atoms with E-state index in [1.165, 1.54) is 42.5 Å². The van der Waals surface area contributed by atoms with Gasteiger partial charge in [0.15, 0.2) is 11.6 Å². The smallest absolute Gasteiger partial charge is 0.261 e. The first kappa shape index (κ1) is 15.1.